The quantitative estimate of drug-likeness (QED) is 0.450. The number of ether oxygens (including phenoxy) is 1. The molecule has 0 atom stereocenters. The zero-order valence-corrected chi connectivity index (χ0v) is 17.2. The zero-order valence-electron chi connectivity index (χ0n) is 15.7. The number of carbonyl (C=O) groups is 1. The van der Waals surface area contributed by atoms with Crippen LogP contribution in [0, 0.1) is 0 Å². The van der Waals surface area contributed by atoms with E-state index in [4.69, 9.17) is 27.9 Å². The monoisotopic (exact) mass is 441 g/mol. The molecule has 0 aliphatic carbocycles. The summed E-state index contributed by atoms with van der Waals surface area (Å²) in [4.78, 5) is 12.5. The second kappa shape index (κ2) is 9.02. The first kappa shape index (κ1) is 20.0. The fourth-order valence-electron chi connectivity index (χ4n) is 2.74. The highest BCUT2D eigenvalue weighted by atomic mass is 35.5. The van der Waals surface area contributed by atoms with Crippen LogP contribution < -0.4 is 10.1 Å². The molecule has 0 saturated carbocycles. The van der Waals surface area contributed by atoms with Crippen LogP contribution in [0.1, 0.15) is 16.1 Å². The summed E-state index contributed by atoms with van der Waals surface area (Å²) in [5, 5.41) is 12.6. The highest BCUT2D eigenvalue weighted by molar-refractivity contribution is 6.31. The number of nitrogens with one attached hydrogen (secondary N) is 1. The second-order valence-electron chi connectivity index (χ2n) is 6.44. The van der Waals surface area contributed by atoms with Crippen molar-refractivity contribution in [3.63, 3.8) is 0 Å². The van der Waals surface area contributed by atoms with E-state index in [2.05, 4.69) is 15.5 Å². The number of anilines is 1. The van der Waals surface area contributed by atoms with E-state index < -0.39 is 0 Å². The summed E-state index contributed by atoms with van der Waals surface area (Å²) in [5.74, 6) is 0.323. The van der Waals surface area contributed by atoms with Crippen LogP contribution in [0.2, 0.25) is 10.0 Å². The Labute approximate surface area is 182 Å². The molecule has 0 aliphatic rings. The van der Waals surface area contributed by atoms with E-state index in [0.29, 0.717) is 28.0 Å². The number of halogens is 2. The Balaban J connectivity index is 1.34. The summed E-state index contributed by atoms with van der Waals surface area (Å²) in [6.07, 6.45) is 4.99. The van der Waals surface area contributed by atoms with Gasteiger partial charge in [0, 0.05) is 22.4 Å². The lowest BCUT2D eigenvalue weighted by molar-refractivity contribution is 0.102. The van der Waals surface area contributed by atoms with Crippen molar-refractivity contribution in [3.8, 4) is 5.75 Å². The zero-order chi connectivity index (χ0) is 20.9. The van der Waals surface area contributed by atoms with Gasteiger partial charge in [0.25, 0.3) is 5.91 Å². The average Bonchev–Trinajstić information content (AvgIpc) is 3.39. The van der Waals surface area contributed by atoms with Gasteiger partial charge in [-0.1, -0.05) is 41.4 Å². The molecule has 1 N–H and O–H groups in total. The molecule has 2 aromatic carbocycles. The van der Waals surface area contributed by atoms with Gasteiger partial charge >= 0.3 is 0 Å². The standard InChI is InChI=1S/C21H17Cl2N5O2/c22-16-5-7-18(8-6-16)30-14-27-10-9-20(26-27)21(29)25-17-11-24-28(13-17)12-15-3-1-2-4-19(15)23/h1-11,13H,12,14H2,(H,25,29). The molecule has 0 saturated heterocycles. The van der Waals surface area contributed by atoms with Gasteiger partial charge in [-0.2, -0.15) is 10.2 Å². The topological polar surface area (TPSA) is 74.0 Å². The van der Waals surface area contributed by atoms with E-state index in [0.717, 1.165) is 5.56 Å². The maximum atomic E-state index is 12.5. The van der Waals surface area contributed by atoms with Crippen LogP contribution in [-0.2, 0) is 13.3 Å². The van der Waals surface area contributed by atoms with Crippen molar-refractivity contribution in [3.05, 3.63) is 94.5 Å². The van der Waals surface area contributed by atoms with Gasteiger partial charge in [0.2, 0.25) is 0 Å². The van der Waals surface area contributed by atoms with Gasteiger partial charge in [-0.15, -0.1) is 0 Å². The van der Waals surface area contributed by atoms with Crippen LogP contribution in [0.25, 0.3) is 0 Å². The molecule has 4 rings (SSSR count). The lowest BCUT2D eigenvalue weighted by Gasteiger charge is -2.06. The van der Waals surface area contributed by atoms with Crippen LogP contribution in [0.5, 0.6) is 5.75 Å². The van der Waals surface area contributed by atoms with Gasteiger partial charge in [-0.25, -0.2) is 4.68 Å². The van der Waals surface area contributed by atoms with Crippen molar-refractivity contribution in [1.82, 2.24) is 19.6 Å². The molecule has 4 aromatic rings. The fourth-order valence-corrected chi connectivity index (χ4v) is 3.06. The first-order valence-corrected chi connectivity index (χ1v) is 9.81. The molecule has 2 aromatic heterocycles. The molecule has 0 aliphatic heterocycles. The van der Waals surface area contributed by atoms with Crippen LogP contribution in [-0.4, -0.2) is 25.5 Å². The van der Waals surface area contributed by atoms with Gasteiger partial charge < -0.3 is 10.1 Å². The summed E-state index contributed by atoms with van der Waals surface area (Å²) in [5.41, 5.74) is 1.78. The van der Waals surface area contributed by atoms with E-state index >= 15 is 0 Å². The van der Waals surface area contributed by atoms with Crippen molar-refractivity contribution in [2.24, 2.45) is 0 Å². The van der Waals surface area contributed by atoms with E-state index in [1.54, 1.807) is 53.6 Å². The van der Waals surface area contributed by atoms with Crippen LogP contribution in [0.15, 0.2) is 73.2 Å². The Bertz CT molecular complexity index is 1150. The van der Waals surface area contributed by atoms with Crippen molar-refractivity contribution in [2.45, 2.75) is 13.3 Å². The van der Waals surface area contributed by atoms with Crippen LogP contribution in [0.3, 0.4) is 0 Å². The van der Waals surface area contributed by atoms with Gasteiger partial charge in [-0.3, -0.25) is 9.48 Å². The number of nitrogens with zero attached hydrogens (tertiary/aromatic N) is 4. The summed E-state index contributed by atoms with van der Waals surface area (Å²) in [7, 11) is 0. The average molecular weight is 442 g/mol. The minimum atomic E-state index is -0.336. The van der Waals surface area contributed by atoms with E-state index in [9.17, 15) is 4.79 Å². The SMILES string of the molecule is O=C(Nc1cnn(Cc2ccccc2Cl)c1)c1ccn(COc2ccc(Cl)cc2)n1. The second-order valence-corrected chi connectivity index (χ2v) is 7.28. The molecule has 0 unspecified atom stereocenters. The molecule has 0 fully saturated rings. The number of carbonyl (C=O) groups excluding carboxylic acids is 1. The van der Waals surface area contributed by atoms with Gasteiger partial charge in [0.15, 0.2) is 12.4 Å². The summed E-state index contributed by atoms with van der Waals surface area (Å²) in [6.45, 7) is 0.677. The molecule has 1 amide bonds. The molecule has 2 heterocycles. The number of amides is 1. The van der Waals surface area contributed by atoms with Crippen molar-refractivity contribution >= 4 is 34.8 Å². The number of hydrogen-bond acceptors (Lipinski definition) is 4. The van der Waals surface area contributed by atoms with Crippen molar-refractivity contribution in [2.75, 3.05) is 5.32 Å². The summed E-state index contributed by atoms with van der Waals surface area (Å²) < 4.78 is 8.85. The first-order valence-electron chi connectivity index (χ1n) is 9.06. The largest absolute Gasteiger partial charge is 0.471 e. The molecule has 152 valence electrons. The maximum absolute atomic E-state index is 12.5. The Hall–Kier alpha value is -3.29. The maximum Gasteiger partial charge on any atom is 0.276 e. The molecule has 0 bridgehead atoms. The highest BCUT2D eigenvalue weighted by Gasteiger charge is 2.12. The predicted molar refractivity (Wildman–Crippen MR) is 115 cm³/mol. The summed E-state index contributed by atoms with van der Waals surface area (Å²) >= 11 is 12.0. The third kappa shape index (κ3) is 5.00. The number of benzene rings is 2. The normalized spacial score (nSPS) is 10.7. The Kier molecular flexibility index (Phi) is 6.02. The molecular formula is C21H17Cl2N5O2. The smallest absolute Gasteiger partial charge is 0.276 e. The third-order valence-electron chi connectivity index (χ3n) is 4.23. The molecule has 30 heavy (non-hydrogen) atoms. The highest BCUT2D eigenvalue weighted by Crippen LogP contribution is 2.18. The molecule has 9 heteroatoms. The minimum absolute atomic E-state index is 0.171. The molecule has 7 nitrogen and oxygen atoms in total. The summed E-state index contributed by atoms with van der Waals surface area (Å²) in [6, 6.07) is 16.2. The fraction of sp³-hybridized carbons (Fsp3) is 0.0952. The van der Waals surface area contributed by atoms with Gasteiger partial charge in [-0.05, 0) is 42.0 Å². The number of hydrogen-bond donors (Lipinski definition) is 1. The van der Waals surface area contributed by atoms with Crippen molar-refractivity contribution in [1.29, 1.82) is 0 Å². The number of aromatic nitrogens is 4. The van der Waals surface area contributed by atoms with E-state index in [1.165, 1.54) is 4.68 Å². The Morgan fingerprint density at radius 3 is 2.63 bits per heavy atom. The first-order chi connectivity index (χ1) is 14.6. The minimum Gasteiger partial charge on any atom is -0.471 e. The van der Waals surface area contributed by atoms with Crippen LogP contribution >= 0.6 is 23.2 Å². The molecule has 0 radical (unpaired) electrons. The Morgan fingerprint density at radius 1 is 1.03 bits per heavy atom. The lowest BCUT2D eigenvalue weighted by Crippen LogP contribution is -2.14. The molecular weight excluding hydrogens is 425 g/mol. The van der Waals surface area contributed by atoms with Crippen molar-refractivity contribution < 1.29 is 9.53 Å². The van der Waals surface area contributed by atoms with Crippen LogP contribution in [0.4, 0.5) is 5.69 Å². The molecule has 0 spiro atoms. The Morgan fingerprint density at radius 2 is 1.83 bits per heavy atom. The van der Waals surface area contributed by atoms with Gasteiger partial charge in [0.1, 0.15) is 5.75 Å². The van der Waals surface area contributed by atoms with E-state index in [-0.39, 0.29) is 18.3 Å². The lowest BCUT2D eigenvalue weighted by atomic mass is 10.2. The predicted octanol–water partition coefficient (Wildman–Crippen LogP) is 4.72. The number of rotatable bonds is 7. The third-order valence-corrected chi connectivity index (χ3v) is 4.85. The van der Waals surface area contributed by atoms with E-state index in [1.807, 2.05) is 24.3 Å². The van der Waals surface area contributed by atoms with Gasteiger partial charge in [0.05, 0.1) is 18.4 Å².